The summed E-state index contributed by atoms with van der Waals surface area (Å²) in [5.74, 6) is 0.627. The fourth-order valence-corrected chi connectivity index (χ4v) is 3.27. The molecule has 0 unspecified atom stereocenters. The quantitative estimate of drug-likeness (QED) is 0.390. The number of carbonyl (C=O) groups is 1. The van der Waals surface area contributed by atoms with E-state index < -0.39 is 17.4 Å². The van der Waals surface area contributed by atoms with Crippen LogP contribution in [0.5, 0.6) is 0 Å². The smallest absolute Gasteiger partial charge is 0.249 e. The zero-order valence-corrected chi connectivity index (χ0v) is 20.9. The van der Waals surface area contributed by atoms with Crippen LogP contribution in [0.4, 0.5) is 0 Å². The summed E-state index contributed by atoms with van der Waals surface area (Å²) >= 11 is 0. The molecule has 0 aliphatic carbocycles. The number of rotatable bonds is 8. The van der Waals surface area contributed by atoms with Gasteiger partial charge in [-0.1, -0.05) is 46.8 Å². The van der Waals surface area contributed by atoms with Crippen molar-refractivity contribution < 1.29 is 20.1 Å². The van der Waals surface area contributed by atoms with E-state index >= 15 is 0 Å². The van der Waals surface area contributed by atoms with Gasteiger partial charge in [0.2, 0.25) is 5.91 Å². The molecule has 1 aliphatic rings. The number of hydrogen-bond donors (Lipinski definition) is 5. The fraction of sp³-hybridized carbons (Fsp3) is 0.680. The van der Waals surface area contributed by atoms with Crippen molar-refractivity contribution in [3.8, 4) is 0 Å². The second-order valence-corrected chi connectivity index (χ2v) is 10.2. The maximum atomic E-state index is 11.3. The SMILES string of the molecule is CC(C)(CO)[C@@H](O)C(=O)NCCCO.Cc1cc(C(C)(C)C)cc(C)c1CC1=NCCN1. The van der Waals surface area contributed by atoms with Gasteiger partial charge in [0, 0.05) is 31.5 Å². The van der Waals surface area contributed by atoms with E-state index in [-0.39, 0.29) is 18.6 Å². The first kappa shape index (κ1) is 28.1. The van der Waals surface area contributed by atoms with E-state index in [0.717, 1.165) is 25.3 Å². The van der Waals surface area contributed by atoms with Crippen LogP contribution >= 0.6 is 0 Å². The number of aliphatic hydroxyl groups is 3. The molecule has 0 radical (unpaired) electrons. The maximum absolute atomic E-state index is 11.3. The molecular formula is C25H43N3O4. The number of carbonyl (C=O) groups excluding carboxylic acids is 1. The van der Waals surface area contributed by atoms with Gasteiger partial charge in [-0.05, 0) is 47.9 Å². The van der Waals surface area contributed by atoms with Crippen LogP contribution in [-0.2, 0) is 16.6 Å². The van der Waals surface area contributed by atoms with Crippen LogP contribution in [0.3, 0.4) is 0 Å². The van der Waals surface area contributed by atoms with Crippen molar-refractivity contribution in [2.24, 2.45) is 10.4 Å². The van der Waals surface area contributed by atoms with E-state index in [9.17, 15) is 9.90 Å². The molecule has 1 aromatic rings. The molecule has 0 fully saturated rings. The molecule has 1 aromatic carbocycles. The topological polar surface area (TPSA) is 114 Å². The first-order valence-electron chi connectivity index (χ1n) is 11.4. The van der Waals surface area contributed by atoms with Crippen LogP contribution in [0.15, 0.2) is 17.1 Å². The average molecular weight is 450 g/mol. The van der Waals surface area contributed by atoms with Gasteiger partial charge in [0.15, 0.2) is 0 Å². The van der Waals surface area contributed by atoms with Crippen LogP contribution in [0.2, 0.25) is 0 Å². The summed E-state index contributed by atoms with van der Waals surface area (Å²) in [6, 6.07) is 4.66. The van der Waals surface area contributed by atoms with Crippen molar-refractivity contribution in [2.75, 3.05) is 32.8 Å². The molecule has 1 amide bonds. The molecule has 2 rings (SSSR count). The molecule has 0 spiro atoms. The van der Waals surface area contributed by atoms with Crippen LogP contribution in [0.1, 0.15) is 63.3 Å². The summed E-state index contributed by atoms with van der Waals surface area (Å²) in [5.41, 5.74) is 4.99. The van der Waals surface area contributed by atoms with Gasteiger partial charge in [0.25, 0.3) is 0 Å². The molecular weight excluding hydrogens is 406 g/mol. The van der Waals surface area contributed by atoms with Crippen molar-refractivity contribution in [3.63, 3.8) is 0 Å². The van der Waals surface area contributed by atoms with Gasteiger partial charge in [-0.15, -0.1) is 0 Å². The minimum Gasteiger partial charge on any atom is -0.396 e. The van der Waals surface area contributed by atoms with E-state index in [1.807, 2.05) is 0 Å². The third-order valence-electron chi connectivity index (χ3n) is 5.68. The Labute approximate surface area is 193 Å². The molecule has 0 saturated heterocycles. The van der Waals surface area contributed by atoms with E-state index in [0.29, 0.717) is 13.0 Å². The van der Waals surface area contributed by atoms with Crippen LogP contribution in [0, 0.1) is 19.3 Å². The van der Waals surface area contributed by atoms with E-state index in [1.54, 1.807) is 13.8 Å². The molecule has 182 valence electrons. The normalized spacial score (nSPS) is 14.8. The fourth-order valence-electron chi connectivity index (χ4n) is 3.27. The van der Waals surface area contributed by atoms with Crippen molar-refractivity contribution >= 4 is 11.7 Å². The average Bonchev–Trinajstić information content (AvgIpc) is 3.23. The minimum atomic E-state index is -1.23. The largest absolute Gasteiger partial charge is 0.396 e. The standard InChI is InChI=1S/C16H24N2.C9H19NO4/c1-11-8-13(16(3,4)5)9-12(2)14(11)10-15-17-6-7-18-15;1-9(2,6-12)7(13)8(14)10-4-3-5-11/h8-9H,6-7,10H2,1-5H3,(H,17,18);7,11-13H,3-6H2,1-2H3,(H,10,14)/t;7-/m.0/s1. The Hall–Kier alpha value is -1.96. The summed E-state index contributed by atoms with van der Waals surface area (Å²) in [6.07, 6.45) is 0.173. The second-order valence-electron chi connectivity index (χ2n) is 10.2. The lowest BCUT2D eigenvalue weighted by molar-refractivity contribution is -0.137. The number of amides is 1. The van der Waals surface area contributed by atoms with Crippen LogP contribution in [0.25, 0.3) is 0 Å². The van der Waals surface area contributed by atoms with Crippen LogP contribution in [-0.4, -0.2) is 66.0 Å². The van der Waals surface area contributed by atoms with Crippen molar-refractivity contribution in [3.05, 3.63) is 34.4 Å². The number of hydrogen-bond acceptors (Lipinski definition) is 6. The molecule has 7 heteroatoms. The number of nitrogens with one attached hydrogen (secondary N) is 2. The highest BCUT2D eigenvalue weighted by molar-refractivity contribution is 5.86. The lowest BCUT2D eigenvalue weighted by Crippen LogP contribution is -2.45. The molecule has 5 N–H and O–H groups in total. The van der Waals surface area contributed by atoms with Crippen molar-refractivity contribution in [1.82, 2.24) is 10.6 Å². The van der Waals surface area contributed by atoms with Gasteiger partial charge in [0.05, 0.1) is 13.2 Å². The van der Waals surface area contributed by atoms with E-state index in [4.69, 9.17) is 10.2 Å². The summed E-state index contributed by atoms with van der Waals surface area (Å²) in [6.45, 7) is 16.4. The number of nitrogens with zero attached hydrogens (tertiary/aromatic N) is 1. The second kappa shape index (κ2) is 12.3. The van der Waals surface area contributed by atoms with Gasteiger partial charge in [0.1, 0.15) is 11.9 Å². The predicted molar refractivity (Wildman–Crippen MR) is 130 cm³/mol. The Bertz CT molecular complexity index is 759. The highest BCUT2D eigenvalue weighted by Gasteiger charge is 2.32. The first-order valence-corrected chi connectivity index (χ1v) is 11.4. The van der Waals surface area contributed by atoms with Crippen molar-refractivity contribution in [2.45, 2.75) is 72.8 Å². The third kappa shape index (κ3) is 8.52. The Morgan fingerprint density at radius 2 is 1.75 bits per heavy atom. The van der Waals surface area contributed by atoms with E-state index in [2.05, 4.69) is 62.4 Å². The molecule has 32 heavy (non-hydrogen) atoms. The molecule has 1 aliphatic heterocycles. The summed E-state index contributed by atoms with van der Waals surface area (Å²) in [4.78, 5) is 15.8. The maximum Gasteiger partial charge on any atom is 0.249 e. The Morgan fingerprint density at radius 3 is 2.19 bits per heavy atom. The van der Waals surface area contributed by atoms with Gasteiger partial charge >= 0.3 is 0 Å². The monoisotopic (exact) mass is 449 g/mol. The summed E-state index contributed by atoms with van der Waals surface area (Å²) in [7, 11) is 0. The highest BCUT2D eigenvalue weighted by atomic mass is 16.3. The van der Waals surface area contributed by atoms with Gasteiger partial charge in [-0.2, -0.15) is 0 Å². The number of aliphatic hydroxyl groups excluding tert-OH is 3. The Kier molecular flexibility index (Phi) is 10.8. The van der Waals surface area contributed by atoms with E-state index in [1.165, 1.54) is 22.3 Å². The lowest BCUT2D eigenvalue weighted by atomic mass is 9.83. The van der Waals surface area contributed by atoms with Gasteiger partial charge in [-0.3, -0.25) is 9.79 Å². The number of aryl methyl sites for hydroxylation is 2. The number of amidine groups is 1. The van der Waals surface area contributed by atoms with Gasteiger partial charge in [-0.25, -0.2) is 0 Å². The first-order chi connectivity index (χ1) is 14.8. The summed E-state index contributed by atoms with van der Waals surface area (Å²) < 4.78 is 0. The zero-order valence-electron chi connectivity index (χ0n) is 20.9. The summed E-state index contributed by atoms with van der Waals surface area (Å²) in [5, 5.41) is 32.7. The van der Waals surface area contributed by atoms with Gasteiger partial charge < -0.3 is 26.0 Å². The highest BCUT2D eigenvalue weighted by Crippen LogP contribution is 2.27. The van der Waals surface area contributed by atoms with Crippen LogP contribution < -0.4 is 10.6 Å². The number of aliphatic imine (C=N–C) groups is 1. The molecule has 0 aromatic heterocycles. The Balaban J connectivity index is 0.000000333. The third-order valence-corrected chi connectivity index (χ3v) is 5.68. The molecule has 1 heterocycles. The molecule has 0 bridgehead atoms. The molecule has 0 saturated carbocycles. The van der Waals surface area contributed by atoms with Crippen molar-refractivity contribution in [1.29, 1.82) is 0 Å². The zero-order chi connectivity index (χ0) is 24.5. The number of benzene rings is 1. The Morgan fingerprint density at radius 1 is 1.16 bits per heavy atom. The molecule has 7 nitrogen and oxygen atoms in total. The molecule has 1 atom stereocenters. The lowest BCUT2D eigenvalue weighted by Gasteiger charge is -2.27. The predicted octanol–water partition coefficient (Wildman–Crippen LogP) is 2.01. The minimum absolute atomic E-state index is 0.000230.